The van der Waals surface area contributed by atoms with E-state index in [2.05, 4.69) is 10.5 Å². The highest BCUT2D eigenvalue weighted by molar-refractivity contribution is 5.75. The fourth-order valence-corrected chi connectivity index (χ4v) is 0.964. The van der Waals surface area contributed by atoms with E-state index in [9.17, 15) is 4.79 Å². The average Bonchev–Trinajstić information content (AvgIpc) is 2.17. The Balaban J connectivity index is 2.78. The standard InChI is InChI=1S/C9H11NO2/c1-12-9(11)8(10)7-5-3-2-4-6-7/h2-6,8H,10H2,1H3/p+1/t8-/m1/s1. The van der Waals surface area contributed by atoms with Gasteiger partial charge >= 0.3 is 5.97 Å². The van der Waals surface area contributed by atoms with Crippen LogP contribution in [0.1, 0.15) is 11.6 Å². The Morgan fingerprint density at radius 2 is 2.00 bits per heavy atom. The molecule has 0 fully saturated rings. The summed E-state index contributed by atoms with van der Waals surface area (Å²) >= 11 is 0. The molecule has 0 aliphatic heterocycles. The monoisotopic (exact) mass is 166 g/mol. The van der Waals surface area contributed by atoms with Crippen molar-refractivity contribution in [3.63, 3.8) is 0 Å². The summed E-state index contributed by atoms with van der Waals surface area (Å²) in [7, 11) is 1.36. The minimum Gasteiger partial charge on any atom is -0.464 e. The molecular weight excluding hydrogens is 154 g/mol. The van der Waals surface area contributed by atoms with E-state index < -0.39 is 6.04 Å². The van der Waals surface area contributed by atoms with E-state index >= 15 is 0 Å². The summed E-state index contributed by atoms with van der Waals surface area (Å²) in [6, 6.07) is 8.93. The second-order valence-corrected chi connectivity index (χ2v) is 2.49. The summed E-state index contributed by atoms with van der Waals surface area (Å²) < 4.78 is 4.56. The van der Waals surface area contributed by atoms with Crippen molar-refractivity contribution in [3.8, 4) is 0 Å². The third kappa shape index (κ3) is 1.83. The van der Waals surface area contributed by atoms with Gasteiger partial charge in [0.25, 0.3) is 0 Å². The topological polar surface area (TPSA) is 53.9 Å². The van der Waals surface area contributed by atoms with Crippen molar-refractivity contribution in [3.05, 3.63) is 35.9 Å². The predicted octanol–water partition coefficient (Wildman–Crippen LogP) is 0.143. The fourth-order valence-electron chi connectivity index (χ4n) is 0.964. The van der Waals surface area contributed by atoms with Gasteiger partial charge in [0, 0.05) is 5.56 Å². The van der Waals surface area contributed by atoms with Crippen LogP contribution in [0.25, 0.3) is 0 Å². The van der Waals surface area contributed by atoms with Crippen LogP contribution in [0.2, 0.25) is 0 Å². The highest BCUT2D eigenvalue weighted by atomic mass is 16.5. The molecule has 1 rings (SSSR count). The summed E-state index contributed by atoms with van der Waals surface area (Å²) in [5.41, 5.74) is 4.58. The highest BCUT2D eigenvalue weighted by Crippen LogP contribution is 2.08. The van der Waals surface area contributed by atoms with Crippen molar-refractivity contribution in [2.24, 2.45) is 0 Å². The van der Waals surface area contributed by atoms with Gasteiger partial charge in [-0.05, 0) is 0 Å². The summed E-state index contributed by atoms with van der Waals surface area (Å²) in [5, 5.41) is 0. The smallest absolute Gasteiger partial charge is 0.369 e. The van der Waals surface area contributed by atoms with Gasteiger partial charge < -0.3 is 10.5 Å². The molecule has 0 heterocycles. The van der Waals surface area contributed by atoms with Gasteiger partial charge in [0.2, 0.25) is 6.04 Å². The quantitative estimate of drug-likeness (QED) is 0.635. The van der Waals surface area contributed by atoms with Crippen LogP contribution in [0.5, 0.6) is 0 Å². The first kappa shape index (κ1) is 8.74. The number of quaternary nitrogens is 1. The van der Waals surface area contributed by atoms with Crippen molar-refractivity contribution in [1.82, 2.24) is 0 Å². The molecule has 0 aliphatic rings. The zero-order valence-electron chi connectivity index (χ0n) is 6.99. The molecule has 3 nitrogen and oxygen atoms in total. The van der Waals surface area contributed by atoms with Gasteiger partial charge in [0.1, 0.15) is 0 Å². The van der Waals surface area contributed by atoms with Gasteiger partial charge in [-0.1, -0.05) is 30.3 Å². The molecule has 1 atom stereocenters. The number of ether oxygens (including phenoxy) is 1. The van der Waals surface area contributed by atoms with E-state index in [0.29, 0.717) is 0 Å². The van der Waals surface area contributed by atoms with E-state index in [4.69, 9.17) is 0 Å². The van der Waals surface area contributed by atoms with Crippen LogP contribution in [0.15, 0.2) is 30.3 Å². The molecule has 1 aromatic carbocycles. The van der Waals surface area contributed by atoms with E-state index in [1.165, 1.54) is 7.11 Å². The molecule has 1 aromatic rings. The zero-order chi connectivity index (χ0) is 8.97. The van der Waals surface area contributed by atoms with Crippen LogP contribution in [0, 0.1) is 0 Å². The normalized spacial score (nSPS) is 12.2. The maximum atomic E-state index is 11.0. The van der Waals surface area contributed by atoms with E-state index in [1.54, 1.807) is 0 Å². The molecule has 0 aliphatic carbocycles. The lowest BCUT2D eigenvalue weighted by atomic mass is 10.1. The second kappa shape index (κ2) is 3.88. The van der Waals surface area contributed by atoms with Crippen molar-refractivity contribution >= 4 is 5.97 Å². The Hall–Kier alpha value is -1.35. The molecule has 0 bridgehead atoms. The first-order valence-corrected chi connectivity index (χ1v) is 3.71. The molecule has 12 heavy (non-hydrogen) atoms. The van der Waals surface area contributed by atoms with Crippen molar-refractivity contribution in [2.45, 2.75) is 6.04 Å². The van der Waals surface area contributed by atoms with Crippen LogP contribution >= 0.6 is 0 Å². The second-order valence-electron chi connectivity index (χ2n) is 2.49. The van der Waals surface area contributed by atoms with Gasteiger partial charge in [-0.3, -0.25) is 0 Å². The lowest BCUT2D eigenvalue weighted by Gasteiger charge is -2.04. The fraction of sp³-hybridized carbons (Fsp3) is 0.222. The Kier molecular flexibility index (Phi) is 2.82. The molecule has 3 heteroatoms. The minimum absolute atomic E-state index is 0.304. The number of hydrogen-bond acceptors (Lipinski definition) is 2. The molecule has 0 saturated carbocycles. The molecule has 3 N–H and O–H groups in total. The Morgan fingerprint density at radius 3 is 2.50 bits per heavy atom. The van der Waals surface area contributed by atoms with Gasteiger partial charge in [-0.25, -0.2) is 4.79 Å². The SMILES string of the molecule is COC(=O)[C@H]([NH3+])c1ccccc1. The van der Waals surface area contributed by atoms with Crippen molar-refractivity contribution in [1.29, 1.82) is 0 Å². The van der Waals surface area contributed by atoms with Gasteiger partial charge in [-0.2, -0.15) is 0 Å². The molecule has 0 unspecified atom stereocenters. The van der Waals surface area contributed by atoms with E-state index in [0.717, 1.165) is 5.56 Å². The van der Waals surface area contributed by atoms with Crippen LogP contribution in [-0.2, 0) is 9.53 Å². The number of methoxy groups -OCH3 is 1. The molecular formula is C9H12NO2+. The number of hydrogen-bond donors (Lipinski definition) is 1. The Bertz CT molecular complexity index is 258. The van der Waals surface area contributed by atoms with Crippen LogP contribution < -0.4 is 5.73 Å². The lowest BCUT2D eigenvalue weighted by Crippen LogP contribution is -2.57. The lowest BCUT2D eigenvalue weighted by molar-refractivity contribution is -0.414. The Morgan fingerprint density at radius 1 is 1.42 bits per heavy atom. The number of esters is 1. The Labute approximate surface area is 71.1 Å². The van der Waals surface area contributed by atoms with E-state index in [-0.39, 0.29) is 5.97 Å². The first-order chi connectivity index (χ1) is 5.75. The zero-order valence-corrected chi connectivity index (χ0v) is 6.99. The molecule has 0 amide bonds. The summed E-state index contributed by atoms with van der Waals surface area (Å²) in [6.45, 7) is 0. The third-order valence-corrected chi connectivity index (χ3v) is 1.69. The van der Waals surface area contributed by atoms with Crippen LogP contribution in [0.3, 0.4) is 0 Å². The van der Waals surface area contributed by atoms with E-state index in [1.807, 2.05) is 30.3 Å². The molecule has 64 valence electrons. The number of carbonyl (C=O) groups excluding carboxylic acids is 1. The summed E-state index contributed by atoms with van der Waals surface area (Å²) in [6.07, 6.45) is 0. The largest absolute Gasteiger partial charge is 0.464 e. The molecule has 0 spiro atoms. The first-order valence-electron chi connectivity index (χ1n) is 3.71. The summed E-state index contributed by atoms with van der Waals surface area (Å²) in [4.78, 5) is 11.0. The number of rotatable bonds is 2. The highest BCUT2D eigenvalue weighted by Gasteiger charge is 2.18. The minimum atomic E-state index is -0.420. The molecule has 0 radical (unpaired) electrons. The van der Waals surface area contributed by atoms with Crippen molar-refractivity contribution in [2.75, 3.05) is 7.11 Å². The van der Waals surface area contributed by atoms with Crippen LogP contribution in [-0.4, -0.2) is 13.1 Å². The number of carbonyl (C=O) groups is 1. The molecule has 0 saturated heterocycles. The van der Waals surface area contributed by atoms with Crippen molar-refractivity contribution < 1.29 is 15.3 Å². The van der Waals surface area contributed by atoms with Crippen LogP contribution in [0.4, 0.5) is 0 Å². The molecule has 0 aromatic heterocycles. The third-order valence-electron chi connectivity index (χ3n) is 1.69. The summed E-state index contributed by atoms with van der Waals surface area (Å²) in [5.74, 6) is -0.304. The average molecular weight is 166 g/mol. The van der Waals surface area contributed by atoms with Gasteiger partial charge in [0.05, 0.1) is 7.11 Å². The predicted molar refractivity (Wildman–Crippen MR) is 44.1 cm³/mol. The van der Waals surface area contributed by atoms with Gasteiger partial charge in [0.15, 0.2) is 0 Å². The number of benzene rings is 1. The maximum Gasteiger partial charge on any atom is 0.369 e. The maximum absolute atomic E-state index is 11.0. The van der Waals surface area contributed by atoms with Gasteiger partial charge in [-0.15, -0.1) is 0 Å².